The molecule has 2 aromatic carbocycles. The lowest BCUT2D eigenvalue weighted by Gasteiger charge is -2.38. The Kier molecular flexibility index (Phi) is 5.36. The summed E-state index contributed by atoms with van der Waals surface area (Å²) in [4.78, 5) is 15.0. The molecule has 0 spiro atoms. The van der Waals surface area contributed by atoms with Crippen LogP contribution in [0.2, 0.25) is 5.02 Å². The number of furan rings is 1. The van der Waals surface area contributed by atoms with Crippen LogP contribution in [-0.2, 0) is 6.54 Å². The molecule has 1 aromatic heterocycles. The second-order valence-electron chi connectivity index (χ2n) is 6.57. The Bertz CT molecular complexity index is 1020. The highest BCUT2D eigenvalue weighted by Crippen LogP contribution is 2.41. The van der Waals surface area contributed by atoms with Gasteiger partial charge >= 0.3 is 0 Å². The number of hydrogen-bond acceptors (Lipinski definition) is 5. The Morgan fingerprint density at radius 2 is 2.03 bits per heavy atom. The number of fused-ring (bicyclic) bond motifs is 1. The average Bonchev–Trinajstić information content (AvgIpc) is 3.24. The lowest BCUT2D eigenvalue weighted by molar-refractivity contribution is 0.0651. The van der Waals surface area contributed by atoms with Gasteiger partial charge in [0.1, 0.15) is 11.9 Å². The number of carbonyl (C=O) groups is 1. The van der Waals surface area contributed by atoms with Gasteiger partial charge in [0.2, 0.25) is 0 Å². The molecule has 0 radical (unpaired) electrons. The van der Waals surface area contributed by atoms with E-state index >= 15 is 0 Å². The van der Waals surface area contributed by atoms with Gasteiger partial charge in [0.25, 0.3) is 5.91 Å². The van der Waals surface area contributed by atoms with E-state index in [9.17, 15) is 4.79 Å². The van der Waals surface area contributed by atoms with Crippen molar-refractivity contribution in [2.24, 2.45) is 0 Å². The van der Waals surface area contributed by atoms with Crippen molar-refractivity contribution in [3.8, 4) is 11.5 Å². The maximum Gasteiger partial charge on any atom is 0.258 e. The molecular formula is C22H21ClN2O4. The minimum atomic E-state index is -0.454. The first kappa shape index (κ1) is 19.2. The van der Waals surface area contributed by atoms with Crippen LogP contribution in [0.4, 0.5) is 5.69 Å². The lowest BCUT2D eigenvalue weighted by Crippen LogP contribution is -2.42. The Morgan fingerprint density at radius 1 is 1.21 bits per heavy atom. The topological polar surface area (TPSA) is 63.9 Å². The Labute approximate surface area is 174 Å². The zero-order chi connectivity index (χ0) is 20.4. The van der Waals surface area contributed by atoms with Gasteiger partial charge in [0.05, 0.1) is 37.1 Å². The third-order valence-electron chi connectivity index (χ3n) is 4.78. The summed E-state index contributed by atoms with van der Waals surface area (Å²) >= 11 is 6.48. The van der Waals surface area contributed by atoms with Gasteiger partial charge in [-0.1, -0.05) is 23.7 Å². The fraction of sp³-hybridized carbons (Fsp3) is 0.227. The summed E-state index contributed by atoms with van der Waals surface area (Å²) < 4.78 is 16.6. The summed E-state index contributed by atoms with van der Waals surface area (Å²) in [6.07, 6.45) is 1.14. The molecule has 0 fully saturated rings. The van der Waals surface area contributed by atoms with Gasteiger partial charge in [0, 0.05) is 11.3 Å². The van der Waals surface area contributed by atoms with Crippen molar-refractivity contribution in [1.29, 1.82) is 0 Å². The molecule has 0 aliphatic carbocycles. The quantitative estimate of drug-likeness (QED) is 0.609. The number of methoxy groups -OCH3 is 1. The fourth-order valence-corrected chi connectivity index (χ4v) is 3.75. The molecule has 1 aliphatic rings. The van der Waals surface area contributed by atoms with E-state index in [2.05, 4.69) is 5.32 Å². The smallest absolute Gasteiger partial charge is 0.258 e. The summed E-state index contributed by atoms with van der Waals surface area (Å²) in [5.41, 5.74) is 2.16. The molecule has 2 heterocycles. The van der Waals surface area contributed by atoms with E-state index < -0.39 is 6.17 Å². The number of rotatable bonds is 6. The third-order valence-corrected chi connectivity index (χ3v) is 5.07. The molecule has 0 saturated carbocycles. The van der Waals surface area contributed by atoms with Crippen molar-refractivity contribution >= 4 is 23.2 Å². The van der Waals surface area contributed by atoms with Crippen molar-refractivity contribution in [1.82, 2.24) is 4.90 Å². The number of carbonyl (C=O) groups excluding carboxylic acids is 1. The van der Waals surface area contributed by atoms with Gasteiger partial charge in [0.15, 0.2) is 11.5 Å². The summed E-state index contributed by atoms with van der Waals surface area (Å²) in [5.74, 6) is 1.60. The molecule has 150 valence electrons. The van der Waals surface area contributed by atoms with E-state index in [0.717, 1.165) is 11.3 Å². The minimum Gasteiger partial charge on any atom is -0.493 e. The number of hydrogen-bond donors (Lipinski definition) is 1. The third kappa shape index (κ3) is 3.63. The van der Waals surface area contributed by atoms with Crippen molar-refractivity contribution in [3.63, 3.8) is 0 Å². The molecule has 4 rings (SSSR count). The molecule has 1 aliphatic heterocycles. The first-order chi connectivity index (χ1) is 14.1. The molecule has 1 atom stereocenters. The lowest BCUT2D eigenvalue weighted by atomic mass is 10.0. The van der Waals surface area contributed by atoms with E-state index in [-0.39, 0.29) is 5.91 Å². The van der Waals surface area contributed by atoms with Crippen LogP contribution in [0.25, 0.3) is 0 Å². The zero-order valence-corrected chi connectivity index (χ0v) is 16.9. The first-order valence-electron chi connectivity index (χ1n) is 9.31. The number of anilines is 1. The Hall–Kier alpha value is -3.12. The number of para-hydroxylation sites is 1. The predicted octanol–water partition coefficient (Wildman–Crippen LogP) is 5.11. The SMILES string of the molecule is CCOc1c(Cl)cc(C2Nc3ccccc3C(=O)N2Cc2ccco2)cc1OC. The molecule has 0 saturated heterocycles. The number of amides is 1. The van der Waals surface area contributed by atoms with Gasteiger partial charge in [-0.15, -0.1) is 0 Å². The number of nitrogens with one attached hydrogen (secondary N) is 1. The summed E-state index contributed by atoms with van der Waals surface area (Å²) in [7, 11) is 1.56. The second kappa shape index (κ2) is 8.09. The number of ether oxygens (including phenoxy) is 2. The Balaban J connectivity index is 1.79. The number of nitrogens with zero attached hydrogens (tertiary/aromatic N) is 1. The van der Waals surface area contributed by atoms with Crippen LogP contribution in [0.3, 0.4) is 0 Å². The highest BCUT2D eigenvalue weighted by molar-refractivity contribution is 6.32. The zero-order valence-electron chi connectivity index (χ0n) is 16.1. The van der Waals surface area contributed by atoms with Crippen molar-refractivity contribution in [3.05, 3.63) is 76.7 Å². The van der Waals surface area contributed by atoms with Gasteiger partial charge in [-0.2, -0.15) is 0 Å². The molecule has 1 unspecified atom stereocenters. The van der Waals surface area contributed by atoms with Crippen LogP contribution >= 0.6 is 11.6 Å². The molecule has 1 amide bonds. The van der Waals surface area contributed by atoms with Gasteiger partial charge in [-0.25, -0.2) is 0 Å². The van der Waals surface area contributed by atoms with E-state index in [1.807, 2.05) is 43.3 Å². The van der Waals surface area contributed by atoms with Crippen LogP contribution in [0.5, 0.6) is 11.5 Å². The van der Waals surface area contributed by atoms with Crippen LogP contribution in [-0.4, -0.2) is 24.5 Å². The summed E-state index contributed by atoms with van der Waals surface area (Å²) in [6.45, 7) is 2.66. The summed E-state index contributed by atoms with van der Waals surface area (Å²) in [5, 5.41) is 3.87. The monoisotopic (exact) mass is 412 g/mol. The van der Waals surface area contributed by atoms with E-state index in [0.29, 0.717) is 41.0 Å². The highest BCUT2D eigenvalue weighted by atomic mass is 35.5. The van der Waals surface area contributed by atoms with Crippen molar-refractivity contribution in [2.45, 2.75) is 19.6 Å². The first-order valence-corrected chi connectivity index (χ1v) is 9.69. The average molecular weight is 413 g/mol. The maximum atomic E-state index is 13.3. The molecule has 3 aromatic rings. The fourth-order valence-electron chi connectivity index (χ4n) is 3.47. The molecule has 7 heteroatoms. The van der Waals surface area contributed by atoms with E-state index in [1.165, 1.54) is 0 Å². The standard InChI is InChI=1S/C22H21ClN2O4/c1-3-28-20-17(23)11-14(12-19(20)27-2)21-24-18-9-5-4-8-16(18)22(26)25(21)13-15-7-6-10-29-15/h4-12,21,24H,3,13H2,1-2H3. The molecule has 6 nitrogen and oxygen atoms in total. The predicted molar refractivity (Wildman–Crippen MR) is 111 cm³/mol. The molecule has 29 heavy (non-hydrogen) atoms. The Morgan fingerprint density at radius 3 is 2.76 bits per heavy atom. The van der Waals surface area contributed by atoms with Crippen LogP contribution in [0.1, 0.15) is 34.8 Å². The molecule has 1 N–H and O–H groups in total. The number of benzene rings is 2. The van der Waals surface area contributed by atoms with Gasteiger partial charge in [-0.3, -0.25) is 4.79 Å². The highest BCUT2D eigenvalue weighted by Gasteiger charge is 2.34. The largest absolute Gasteiger partial charge is 0.493 e. The second-order valence-corrected chi connectivity index (χ2v) is 6.98. The van der Waals surface area contributed by atoms with Crippen molar-refractivity contribution in [2.75, 3.05) is 19.0 Å². The van der Waals surface area contributed by atoms with Gasteiger partial charge in [-0.05, 0) is 43.3 Å². The number of halogens is 1. The van der Waals surface area contributed by atoms with Crippen LogP contribution in [0, 0.1) is 0 Å². The van der Waals surface area contributed by atoms with Gasteiger partial charge < -0.3 is 24.1 Å². The molecular weight excluding hydrogens is 392 g/mol. The maximum absolute atomic E-state index is 13.3. The van der Waals surface area contributed by atoms with Crippen LogP contribution in [0.15, 0.2) is 59.2 Å². The minimum absolute atomic E-state index is 0.0928. The van der Waals surface area contributed by atoms with E-state index in [1.54, 1.807) is 30.4 Å². The summed E-state index contributed by atoms with van der Waals surface area (Å²) in [6, 6.07) is 14.7. The normalized spacial score (nSPS) is 15.6. The van der Waals surface area contributed by atoms with E-state index in [4.69, 9.17) is 25.5 Å². The van der Waals surface area contributed by atoms with Crippen molar-refractivity contribution < 1.29 is 18.7 Å². The molecule has 0 bridgehead atoms. The van der Waals surface area contributed by atoms with Crippen LogP contribution < -0.4 is 14.8 Å².